The molecule has 4 rings (SSSR count). The molecule has 2 aliphatic carbocycles. The van der Waals surface area contributed by atoms with Crippen LogP contribution < -0.4 is 0 Å². The lowest BCUT2D eigenvalue weighted by atomic mass is 9.95. The zero-order valence-corrected chi connectivity index (χ0v) is 11.3. The lowest BCUT2D eigenvalue weighted by molar-refractivity contribution is -0.121. The van der Waals surface area contributed by atoms with Crippen molar-refractivity contribution in [2.45, 2.75) is 31.1 Å². The summed E-state index contributed by atoms with van der Waals surface area (Å²) in [7, 11) is 0. The molecule has 100 valence electrons. The van der Waals surface area contributed by atoms with Gasteiger partial charge in [-0.3, -0.25) is 9.78 Å². The number of carbonyl (C=O) groups excluding carboxylic acids is 1. The van der Waals surface area contributed by atoms with Crippen molar-refractivity contribution >= 4 is 5.78 Å². The Morgan fingerprint density at radius 2 is 1.95 bits per heavy atom. The second kappa shape index (κ2) is 4.55. The Kier molecular flexibility index (Phi) is 2.69. The van der Waals surface area contributed by atoms with Crippen molar-refractivity contribution in [3.63, 3.8) is 0 Å². The fourth-order valence-electron chi connectivity index (χ4n) is 3.53. The van der Waals surface area contributed by atoms with Gasteiger partial charge in [-0.05, 0) is 42.4 Å². The van der Waals surface area contributed by atoms with Crippen molar-refractivity contribution in [3.05, 3.63) is 65.5 Å². The number of pyridine rings is 1. The molecule has 0 N–H and O–H groups in total. The Bertz CT molecular complexity index is 649. The normalized spacial score (nSPS) is 27.1. The molecule has 0 saturated heterocycles. The van der Waals surface area contributed by atoms with Gasteiger partial charge in [0.15, 0.2) is 0 Å². The number of Topliss-reactive ketones (excluding diaryl/α,β-unsaturated/α-hetero) is 1. The van der Waals surface area contributed by atoms with Gasteiger partial charge in [-0.2, -0.15) is 0 Å². The maximum Gasteiger partial charge on any atom is 0.145 e. The molecule has 0 spiro atoms. The molecular weight excluding hydrogens is 246 g/mol. The monoisotopic (exact) mass is 263 g/mol. The number of hydrogen-bond donors (Lipinski definition) is 0. The third-order valence-corrected chi connectivity index (χ3v) is 4.69. The van der Waals surface area contributed by atoms with Crippen molar-refractivity contribution < 1.29 is 4.79 Å². The van der Waals surface area contributed by atoms with Gasteiger partial charge in [0.1, 0.15) is 5.78 Å². The van der Waals surface area contributed by atoms with E-state index in [2.05, 4.69) is 35.3 Å². The zero-order valence-electron chi connectivity index (χ0n) is 11.3. The lowest BCUT2D eigenvalue weighted by Gasteiger charge is -2.09. The summed E-state index contributed by atoms with van der Waals surface area (Å²) in [6.45, 7) is 0. The van der Waals surface area contributed by atoms with Gasteiger partial charge < -0.3 is 0 Å². The van der Waals surface area contributed by atoms with Gasteiger partial charge >= 0.3 is 0 Å². The summed E-state index contributed by atoms with van der Waals surface area (Å²) in [5.74, 6) is 1.12. The maximum atomic E-state index is 12.7. The van der Waals surface area contributed by atoms with Crippen LogP contribution >= 0.6 is 0 Å². The standard InChI is InChI=1S/C18H17NO/c20-18(14-9-8-13-7-4-10-19-17(13)14)16-11-15(16)12-5-2-1-3-6-12/h1-7,10,14-16H,8-9,11H2. The minimum atomic E-state index is 0.0462. The second-order valence-corrected chi connectivity index (χ2v) is 5.90. The number of carbonyl (C=O) groups is 1. The fraction of sp³-hybridized carbons (Fsp3) is 0.333. The quantitative estimate of drug-likeness (QED) is 0.848. The molecule has 0 amide bonds. The van der Waals surface area contributed by atoms with Crippen LogP contribution in [0.4, 0.5) is 0 Å². The summed E-state index contributed by atoms with van der Waals surface area (Å²) in [5, 5.41) is 0. The Labute approximate surface area is 118 Å². The Hall–Kier alpha value is -1.96. The van der Waals surface area contributed by atoms with Crippen molar-refractivity contribution in [1.82, 2.24) is 4.98 Å². The number of fused-ring (bicyclic) bond motifs is 1. The average molecular weight is 263 g/mol. The van der Waals surface area contributed by atoms with Crippen LogP contribution in [0.3, 0.4) is 0 Å². The molecule has 3 unspecified atom stereocenters. The molecule has 2 aliphatic rings. The Balaban J connectivity index is 1.53. The minimum absolute atomic E-state index is 0.0462. The highest BCUT2D eigenvalue weighted by atomic mass is 16.1. The van der Waals surface area contributed by atoms with Gasteiger partial charge in [-0.1, -0.05) is 36.4 Å². The molecule has 1 aromatic carbocycles. The molecule has 2 nitrogen and oxygen atoms in total. The first-order valence-corrected chi connectivity index (χ1v) is 7.37. The molecule has 1 saturated carbocycles. The van der Waals surface area contributed by atoms with Crippen molar-refractivity contribution in [2.24, 2.45) is 5.92 Å². The van der Waals surface area contributed by atoms with Crippen LogP contribution in [0.1, 0.15) is 41.5 Å². The number of benzene rings is 1. The van der Waals surface area contributed by atoms with Crippen LogP contribution in [0.2, 0.25) is 0 Å². The molecule has 20 heavy (non-hydrogen) atoms. The summed E-state index contributed by atoms with van der Waals surface area (Å²) in [5.41, 5.74) is 3.61. The largest absolute Gasteiger partial charge is 0.299 e. The van der Waals surface area contributed by atoms with E-state index in [-0.39, 0.29) is 11.8 Å². The molecule has 0 radical (unpaired) electrons. The van der Waals surface area contributed by atoms with Gasteiger partial charge in [-0.15, -0.1) is 0 Å². The van der Waals surface area contributed by atoms with E-state index in [1.165, 1.54) is 11.1 Å². The predicted molar refractivity (Wildman–Crippen MR) is 77.6 cm³/mol. The van der Waals surface area contributed by atoms with E-state index in [9.17, 15) is 4.79 Å². The molecule has 2 heteroatoms. The van der Waals surface area contributed by atoms with E-state index >= 15 is 0 Å². The molecular formula is C18H17NO. The smallest absolute Gasteiger partial charge is 0.145 e. The van der Waals surface area contributed by atoms with Crippen LogP contribution in [-0.2, 0) is 11.2 Å². The van der Waals surface area contributed by atoms with E-state index < -0.39 is 0 Å². The molecule has 3 atom stereocenters. The summed E-state index contributed by atoms with van der Waals surface area (Å²) in [4.78, 5) is 17.2. The highest BCUT2D eigenvalue weighted by Gasteiger charge is 2.47. The van der Waals surface area contributed by atoms with Gasteiger partial charge in [0, 0.05) is 12.1 Å². The van der Waals surface area contributed by atoms with Gasteiger partial charge in [-0.25, -0.2) is 0 Å². The first-order chi connectivity index (χ1) is 9.84. The molecule has 2 aromatic rings. The summed E-state index contributed by atoms with van der Waals surface area (Å²) in [6, 6.07) is 14.5. The van der Waals surface area contributed by atoms with E-state index in [4.69, 9.17) is 0 Å². The molecule has 1 aromatic heterocycles. The third-order valence-electron chi connectivity index (χ3n) is 4.69. The first kappa shape index (κ1) is 11.8. The van der Waals surface area contributed by atoms with E-state index in [1.807, 2.05) is 18.3 Å². The average Bonchev–Trinajstić information content (AvgIpc) is 3.20. The van der Waals surface area contributed by atoms with E-state index in [0.717, 1.165) is 25.0 Å². The maximum absolute atomic E-state index is 12.7. The molecule has 1 heterocycles. The third kappa shape index (κ3) is 1.87. The van der Waals surface area contributed by atoms with Crippen molar-refractivity contribution in [3.8, 4) is 0 Å². The van der Waals surface area contributed by atoms with Crippen LogP contribution in [0.5, 0.6) is 0 Å². The number of aryl methyl sites for hydroxylation is 1. The lowest BCUT2D eigenvalue weighted by Crippen LogP contribution is -2.13. The van der Waals surface area contributed by atoms with Gasteiger partial charge in [0.25, 0.3) is 0 Å². The van der Waals surface area contributed by atoms with Crippen molar-refractivity contribution in [2.75, 3.05) is 0 Å². The fourth-order valence-corrected chi connectivity index (χ4v) is 3.53. The number of aromatic nitrogens is 1. The Morgan fingerprint density at radius 1 is 1.10 bits per heavy atom. The van der Waals surface area contributed by atoms with Crippen LogP contribution in [-0.4, -0.2) is 10.8 Å². The SMILES string of the molecule is O=C(C1CCc2cccnc21)C1CC1c1ccccc1. The second-order valence-electron chi connectivity index (χ2n) is 5.90. The number of hydrogen-bond acceptors (Lipinski definition) is 2. The number of rotatable bonds is 3. The van der Waals surface area contributed by atoms with Crippen LogP contribution in [0, 0.1) is 5.92 Å². The minimum Gasteiger partial charge on any atom is -0.299 e. The highest BCUT2D eigenvalue weighted by molar-refractivity contribution is 5.91. The van der Waals surface area contributed by atoms with Gasteiger partial charge in [0.2, 0.25) is 0 Å². The Morgan fingerprint density at radius 3 is 2.80 bits per heavy atom. The summed E-state index contributed by atoms with van der Waals surface area (Å²) >= 11 is 0. The summed E-state index contributed by atoms with van der Waals surface area (Å²) < 4.78 is 0. The van der Waals surface area contributed by atoms with Crippen LogP contribution in [0.15, 0.2) is 48.7 Å². The summed E-state index contributed by atoms with van der Waals surface area (Å²) in [6.07, 6.45) is 4.78. The highest BCUT2D eigenvalue weighted by Crippen LogP contribution is 2.51. The van der Waals surface area contributed by atoms with E-state index in [0.29, 0.717) is 11.7 Å². The number of ketones is 1. The topological polar surface area (TPSA) is 30.0 Å². The predicted octanol–water partition coefficient (Wildman–Crippen LogP) is 3.48. The number of nitrogens with zero attached hydrogens (tertiary/aromatic N) is 1. The van der Waals surface area contributed by atoms with Gasteiger partial charge in [0.05, 0.1) is 11.6 Å². The molecule has 1 fully saturated rings. The van der Waals surface area contributed by atoms with E-state index in [1.54, 1.807) is 0 Å². The molecule has 0 bridgehead atoms. The van der Waals surface area contributed by atoms with Crippen LogP contribution in [0.25, 0.3) is 0 Å². The van der Waals surface area contributed by atoms with Crippen molar-refractivity contribution in [1.29, 1.82) is 0 Å². The molecule has 0 aliphatic heterocycles. The zero-order chi connectivity index (χ0) is 13.5. The first-order valence-electron chi connectivity index (χ1n) is 7.37.